The molecule has 1 aromatic carbocycles. The molecule has 0 bridgehead atoms. The number of aliphatic hydroxyl groups is 1. The maximum atomic E-state index is 9.05. The van der Waals surface area contributed by atoms with E-state index in [1.165, 1.54) is 0 Å². The summed E-state index contributed by atoms with van der Waals surface area (Å²) in [5, 5.41) is 12.7. The van der Waals surface area contributed by atoms with Crippen molar-refractivity contribution in [3.8, 4) is 0 Å². The van der Waals surface area contributed by atoms with Crippen LogP contribution in [0.2, 0.25) is 5.02 Å². The summed E-state index contributed by atoms with van der Waals surface area (Å²) in [6, 6.07) is 9.33. The van der Waals surface area contributed by atoms with Crippen molar-refractivity contribution in [2.75, 3.05) is 11.1 Å². The van der Waals surface area contributed by atoms with Crippen molar-refractivity contribution in [2.45, 2.75) is 13.2 Å². The summed E-state index contributed by atoms with van der Waals surface area (Å²) in [6.45, 7) is 0.624. The molecule has 0 saturated carbocycles. The van der Waals surface area contributed by atoms with Crippen LogP contribution in [0.15, 0.2) is 36.5 Å². The molecule has 0 spiro atoms. The molecule has 0 radical (unpaired) electrons. The minimum absolute atomic E-state index is 0.0364. The first kappa shape index (κ1) is 12.7. The lowest BCUT2D eigenvalue weighted by molar-refractivity contribution is 0.281. The zero-order valence-electron chi connectivity index (χ0n) is 9.73. The Hall–Kier alpha value is -1.78. The van der Waals surface area contributed by atoms with E-state index in [1.54, 1.807) is 12.3 Å². The quantitative estimate of drug-likeness (QED) is 0.792. The Labute approximate surface area is 110 Å². The Bertz CT molecular complexity index is 546. The number of aliphatic hydroxyl groups excluding tert-OH is 1. The third-order valence-corrected chi connectivity index (χ3v) is 2.78. The van der Waals surface area contributed by atoms with Gasteiger partial charge in [0.15, 0.2) is 0 Å². The van der Waals surface area contributed by atoms with Gasteiger partial charge in [0, 0.05) is 6.54 Å². The van der Waals surface area contributed by atoms with Gasteiger partial charge >= 0.3 is 0 Å². The molecule has 2 rings (SSSR count). The number of nitrogens with one attached hydrogen (secondary N) is 1. The number of nitrogen functional groups attached to an aromatic ring is 1. The number of nitrogens with zero attached hydrogens (tertiary/aromatic N) is 1. The molecule has 1 heterocycles. The van der Waals surface area contributed by atoms with Gasteiger partial charge in [-0.05, 0) is 17.2 Å². The number of anilines is 2. The van der Waals surface area contributed by atoms with Crippen LogP contribution in [0.3, 0.4) is 0 Å². The van der Waals surface area contributed by atoms with Gasteiger partial charge in [-0.3, -0.25) is 0 Å². The van der Waals surface area contributed by atoms with E-state index in [0.717, 1.165) is 11.1 Å². The maximum Gasteiger partial charge on any atom is 0.145 e. The summed E-state index contributed by atoms with van der Waals surface area (Å²) in [6.07, 6.45) is 1.55. The summed E-state index contributed by atoms with van der Waals surface area (Å²) in [7, 11) is 0. The highest BCUT2D eigenvalue weighted by Gasteiger charge is 2.02. The average molecular weight is 264 g/mol. The van der Waals surface area contributed by atoms with E-state index < -0.39 is 0 Å². The van der Waals surface area contributed by atoms with E-state index in [4.69, 9.17) is 22.4 Å². The van der Waals surface area contributed by atoms with Gasteiger partial charge in [0.2, 0.25) is 0 Å². The van der Waals surface area contributed by atoms with Crippen molar-refractivity contribution in [2.24, 2.45) is 0 Å². The number of hydrogen-bond donors (Lipinski definition) is 3. The number of aromatic nitrogens is 1. The molecule has 18 heavy (non-hydrogen) atoms. The first-order valence-corrected chi connectivity index (χ1v) is 5.90. The van der Waals surface area contributed by atoms with Crippen LogP contribution in [-0.2, 0) is 13.2 Å². The van der Waals surface area contributed by atoms with Crippen molar-refractivity contribution in [3.63, 3.8) is 0 Å². The predicted molar refractivity (Wildman–Crippen MR) is 73.4 cm³/mol. The molecule has 0 aliphatic heterocycles. The minimum Gasteiger partial charge on any atom is -0.397 e. The van der Waals surface area contributed by atoms with Crippen molar-refractivity contribution in [3.05, 3.63) is 52.7 Å². The summed E-state index contributed by atoms with van der Waals surface area (Å²) in [4.78, 5) is 4.12. The second-order valence-corrected chi connectivity index (χ2v) is 4.34. The molecule has 0 aliphatic rings. The number of benzene rings is 1. The zero-order valence-corrected chi connectivity index (χ0v) is 10.5. The van der Waals surface area contributed by atoms with Gasteiger partial charge in [0.1, 0.15) is 5.82 Å². The second kappa shape index (κ2) is 5.71. The SMILES string of the molecule is Nc1cnc(NCc2cccc(CO)c2)c(Cl)c1. The van der Waals surface area contributed by atoms with E-state index in [9.17, 15) is 0 Å². The number of halogens is 1. The monoisotopic (exact) mass is 263 g/mol. The molecule has 4 N–H and O–H groups in total. The smallest absolute Gasteiger partial charge is 0.145 e. The van der Waals surface area contributed by atoms with Crippen LogP contribution in [0.1, 0.15) is 11.1 Å². The third-order valence-electron chi connectivity index (χ3n) is 2.50. The highest BCUT2D eigenvalue weighted by Crippen LogP contribution is 2.21. The lowest BCUT2D eigenvalue weighted by Crippen LogP contribution is -2.03. The van der Waals surface area contributed by atoms with Gasteiger partial charge in [-0.2, -0.15) is 0 Å². The topological polar surface area (TPSA) is 71.2 Å². The standard InChI is InChI=1S/C13H14ClN3O/c14-12-5-11(15)7-17-13(12)16-6-9-2-1-3-10(4-9)8-18/h1-5,7,18H,6,8,15H2,(H,16,17). The molecule has 94 valence electrons. The molecule has 4 nitrogen and oxygen atoms in total. The van der Waals surface area contributed by atoms with Crippen LogP contribution >= 0.6 is 11.6 Å². The Kier molecular flexibility index (Phi) is 4.02. The number of hydrogen-bond acceptors (Lipinski definition) is 4. The van der Waals surface area contributed by atoms with Gasteiger partial charge in [0.05, 0.1) is 23.5 Å². The first-order chi connectivity index (χ1) is 8.69. The Morgan fingerprint density at radius 2 is 2.06 bits per heavy atom. The van der Waals surface area contributed by atoms with E-state index in [-0.39, 0.29) is 6.61 Å². The lowest BCUT2D eigenvalue weighted by Gasteiger charge is -2.08. The fourth-order valence-corrected chi connectivity index (χ4v) is 1.85. The molecular formula is C13H14ClN3O. The average Bonchev–Trinajstić information content (AvgIpc) is 2.38. The van der Waals surface area contributed by atoms with Crippen molar-refractivity contribution in [1.29, 1.82) is 0 Å². The summed E-state index contributed by atoms with van der Waals surface area (Å²) in [5.74, 6) is 0.597. The Balaban J connectivity index is 2.06. The molecule has 0 fully saturated rings. The van der Waals surface area contributed by atoms with E-state index >= 15 is 0 Å². The molecule has 0 aliphatic carbocycles. The maximum absolute atomic E-state index is 9.05. The van der Waals surface area contributed by atoms with E-state index in [2.05, 4.69) is 10.3 Å². The van der Waals surface area contributed by atoms with Gasteiger partial charge in [0.25, 0.3) is 0 Å². The predicted octanol–water partition coefficient (Wildman–Crippen LogP) is 2.42. The molecule has 0 amide bonds. The highest BCUT2D eigenvalue weighted by molar-refractivity contribution is 6.33. The van der Waals surface area contributed by atoms with Crippen LogP contribution in [0.5, 0.6) is 0 Å². The number of rotatable bonds is 4. The molecule has 2 aromatic rings. The summed E-state index contributed by atoms with van der Waals surface area (Å²) in [5.41, 5.74) is 8.04. The molecule has 0 saturated heterocycles. The van der Waals surface area contributed by atoms with Crippen molar-refractivity contribution < 1.29 is 5.11 Å². The van der Waals surface area contributed by atoms with Crippen molar-refractivity contribution >= 4 is 23.1 Å². The molecule has 5 heteroatoms. The fraction of sp³-hybridized carbons (Fsp3) is 0.154. The van der Waals surface area contributed by atoms with Crippen LogP contribution in [-0.4, -0.2) is 10.1 Å². The third kappa shape index (κ3) is 3.12. The van der Waals surface area contributed by atoms with Gasteiger partial charge in [-0.15, -0.1) is 0 Å². The second-order valence-electron chi connectivity index (χ2n) is 3.93. The minimum atomic E-state index is 0.0364. The van der Waals surface area contributed by atoms with Gasteiger partial charge in [-0.1, -0.05) is 35.9 Å². The molecular weight excluding hydrogens is 250 g/mol. The van der Waals surface area contributed by atoms with Crippen LogP contribution < -0.4 is 11.1 Å². The highest BCUT2D eigenvalue weighted by atomic mass is 35.5. The largest absolute Gasteiger partial charge is 0.397 e. The molecule has 0 unspecified atom stereocenters. The number of nitrogens with two attached hydrogens (primary N) is 1. The van der Waals surface area contributed by atoms with Gasteiger partial charge in [-0.25, -0.2) is 4.98 Å². The Morgan fingerprint density at radius 1 is 1.28 bits per heavy atom. The Morgan fingerprint density at radius 3 is 2.78 bits per heavy atom. The summed E-state index contributed by atoms with van der Waals surface area (Å²) < 4.78 is 0. The van der Waals surface area contributed by atoms with Crippen molar-refractivity contribution in [1.82, 2.24) is 4.98 Å². The van der Waals surface area contributed by atoms with E-state index in [1.807, 2.05) is 24.3 Å². The van der Waals surface area contributed by atoms with E-state index in [0.29, 0.717) is 23.1 Å². The van der Waals surface area contributed by atoms with Crippen LogP contribution in [0, 0.1) is 0 Å². The lowest BCUT2D eigenvalue weighted by atomic mass is 10.1. The summed E-state index contributed by atoms with van der Waals surface area (Å²) >= 11 is 6.01. The fourth-order valence-electron chi connectivity index (χ4n) is 1.61. The van der Waals surface area contributed by atoms with Crippen LogP contribution in [0.25, 0.3) is 0 Å². The molecule has 0 atom stereocenters. The normalized spacial score (nSPS) is 10.3. The van der Waals surface area contributed by atoms with Crippen LogP contribution in [0.4, 0.5) is 11.5 Å². The molecule has 1 aromatic heterocycles. The number of pyridine rings is 1. The van der Waals surface area contributed by atoms with Gasteiger partial charge < -0.3 is 16.2 Å². The first-order valence-electron chi connectivity index (χ1n) is 5.52. The zero-order chi connectivity index (χ0) is 13.0.